The largest absolute Gasteiger partial charge is 0.371 e. The average molecular weight is 424 g/mol. The maximum atomic E-state index is 11.4. The third-order valence-electron chi connectivity index (χ3n) is 5.32. The highest BCUT2D eigenvalue weighted by molar-refractivity contribution is 7.89. The van der Waals surface area contributed by atoms with Gasteiger partial charge in [0.05, 0.1) is 29.3 Å². The number of nitrogens with two attached hydrogens (primary N) is 1. The van der Waals surface area contributed by atoms with Crippen molar-refractivity contribution in [3.63, 3.8) is 0 Å². The van der Waals surface area contributed by atoms with Crippen molar-refractivity contribution in [3.8, 4) is 0 Å². The average Bonchev–Trinajstić information content (AvgIpc) is 2.62. The molecule has 3 N–H and O–H groups in total. The van der Waals surface area contributed by atoms with Crippen LogP contribution in [0.15, 0.2) is 35.4 Å². The van der Waals surface area contributed by atoms with E-state index in [1.165, 1.54) is 18.6 Å². The minimum Gasteiger partial charge on any atom is -0.371 e. The Kier molecular flexibility index (Phi) is 4.95. The Bertz CT molecular complexity index is 979. The fourth-order valence-corrected chi connectivity index (χ4v) is 4.25. The maximum absolute atomic E-state index is 11.4. The Morgan fingerprint density at radius 3 is 2.64 bits per heavy atom. The van der Waals surface area contributed by atoms with E-state index in [2.05, 4.69) is 27.1 Å². The smallest absolute Gasteiger partial charge is 0.238 e. The molecule has 1 aromatic heterocycles. The molecule has 2 aliphatic rings. The van der Waals surface area contributed by atoms with Gasteiger partial charge in [0.15, 0.2) is 5.82 Å². The molecule has 1 spiro atoms. The zero-order chi connectivity index (χ0) is 19.9. The van der Waals surface area contributed by atoms with Gasteiger partial charge in [-0.25, -0.2) is 18.5 Å². The van der Waals surface area contributed by atoms with E-state index in [1.807, 2.05) is 0 Å². The normalized spacial score (nSPS) is 21.4. The molecule has 2 heterocycles. The molecule has 1 aliphatic carbocycles. The zero-order valence-electron chi connectivity index (χ0n) is 15.4. The summed E-state index contributed by atoms with van der Waals surface area (Å²) in [6.07, 6.45) is 4.86. The van der Waals surface area contributed by atoms with Crippen LogP contribution in [0.4, 0.5) is 17.5 Å². The number of halogens is 1. The van der Waals surface area contributed by atoms with Crippen LogP contribution in [0, 0.1) is 0 Å². The van der Waals surface area contributed by atoms with E-state index in [0.717, 1.165) is 19.4 Å². The summed E-state index contributed by atoms with van der Waals surface area (Å²) >= 11 is 6.41. The van der Waals surface area contributed by atoms with E-state index in [1.54, 1.807) is 18.3 Å². The van der Waals surface area contributed by atoms with Crippen molar-refractivity contribution in [3.05, 3.63) is 35.5 Å². The zero-order valence-corrected chi connectivity index (χ0v) is 17.0. The number of hydrogen-bond donors (Lipinski definition) is 2. The predicted molar refractivity (Wildman–Crippen MR) is 107 cm³/mol. The molecule has 1 atom stereocenters. The van der Waals surface area contributed by atoms with Gasteiger partial charge in [0.1, 0.15) is 5.02 Å². The van der Waals surface area contributed by atoms with Crippen molar-refractivity contribution in [2.75, 3.05) is 23.4 Å². The molecule has 0 radical (unpaired) electrons. The highest BCUT2D eigenvalue weighted by Gasteiger charge is 2.44. The number of ether oxygens (including phenoxy) is 1. The predicted octanol–water partition coefficient (Wildman–Crippen LogP) is 2.67. The monoisotopic (exact) mass is 423 g/mol. The van der Waals surface area contributed by atoms with E-state index >= 15 is 0 Å². The first-order valence-corrected chi connectivity index (χ1v) is 11.0. The van der Waals surface area contributed by atoms with Crippen LogP contribution in [0.3, 0.4) is 0 Å². The van der Waals surface area contributed by atoms with Crippen LogP contribution < -0.4 is 15.4 Å². The number of primary sulfonamides is 1. The summed E-state index contributed by atoms with van der Waals surface area (Å²) in [6.45, 7) is 3.48. The Morgan fingerprint density at radius 1 is 1.32 bits per heavy atom. The third-order valence-corrected chi connectivity index (χ3v) is 6.52. The summed E-state index contributed by atoms with van der Waals surface area (Å²) in [4.78, 5) is 11.1. The van der Waals surface area contributed by atoms with Crippen molar-refractivity contribution < 1.29 is 13.2 Å². The molecular weight excluding hydrogens is 402 g/mol. The molecule has 150 valence electrons. The van der Waals surface area contributed by atoms with E-state index in [4.69, 9.17) is 21.5 Å². The minimum absolute atomic E-state index is 0.0451. The first-order chi connectivity index (χ1) is 13.3. The summed E-state index contributed by atoms with van der Waals surface area (Å²) in [5.41, 5.74) is 0.559. The van der Waals surface area contributed by atoms with Crippen LogP contribution in [0.5, 0.6) is 0 Å². The molecule has 1 saturated carbocycles. The van der Waals surface area contributed by atoms with Gasteiger partial charge in [0, 0.05) is 12.2 Å². The second-order valence-electron chi connectivity index (χ2n) is 7.38. The van der Waals surface area contributed by atoms with Gasteiger partial charge in [-0.3, -0.25) is 0 Å². The minimum atomic E-state index is -3.73. The fourth-order valence-electron chi connectivity index (χ4n) is 3.53. The van der Waals surface area contributed by atoms with Crippen LogP contribution in [0.25, 0.3) is 0 Å². The quantitative estimate of drug-likeness (QED) is 0.777. The SMILES string of the molecule is C[C@H]1COC2(CCC2)CN1c1nc(Nc2ccc(S(N)(=O)=O)cc2)ncc1Cl. The second kappa shape index (κ2) is 7.14. The van der Waals surface area contributed by atoms with E-state index in [9.17, 15) is 8.42 Å². The summed E-state index contributed by atoms with van der Waals surface area (Å²) < 4.78 is 28.8. The molecule has 0 amide bonds. The third kappa shape index (κ3) is 3.80. The standard InChI is InChI=1S/C18H22ClN5O3S/c1-12-10-27-18(7-2-8-18)11-24(12)16-15(19)9-21-17(23-16)22-13-3-5-14(6-4-13)28(20,25)26/h3-6,9,12H,2,7-8,10-11H2,1H3,(H2,20,25,26)(H,21,22,23)/t12-/m0/s1. The molecule has 4 rings (SSSR count). The second-order valence-corrected chi connectivity index (χ2v) is 9.35. The van der Waals surface area contributed by atoms with Crippen molar-refractivity contribution >= 4 is 39.1 Å². The lowest BCUT2D eigenvalue weighted by molar-refractivity contribution is -0.117. The molecule has 10 heteroatoms. The lowest BCUT2D eigenvalue weighted by Gasteiger charge is -2.51. The molecule has 2 aromatic rings. The van der Waals surface area contributed by atoms with Gasteiger partial charge in [-0.15, -0.1) is 0 Å². The molecule has 8 nitrogen and oxygen atoms in total. The fraction of sp³-hybridized carbons (Fsp3) is 0.444. The van der Waals surface area contributed by atoms with Gasteiger partial charge in [0.25, 0.3) is 0 Å². The lowest BCUT2D eigenvalue weighted by atomic mass is 9.78. The molecule has 2 fully saturated rings. The Balaban J connectivity index is 1.57. The number of anilines is 3. The van der Waals surface area contributed by atoms with Gasteiger partial charge in [-0.05, 0) is 50.5 Å². The molecule has 0 unspecified atom stereocenters. The summed E-state index contributed by atoms with van der Waals surface area (Å²) in [5.74, 6) is 1.05. The van der Waals surface area contributed by atoms with Crippen molar-refractivity contribution in [1.82, 2.24) is 9.97 Å². The Morgan fingerprint density at radius 2 is 2.04 bits per heavy atom. The van der Waals surface area contributed by atoms with Gasteiger partial charge < -0.3 is 15.0 Å². The number of benzene rings is 1. The van der Waals surface area contributed by atoms with Crippen LogP contribution in [0.2, 0.25) is 5.02 Å². The molecular formula is C18H22ClN5O3S. The maximum Gasteiger partial charge on any atom is 0.238 e. The number of morpholine rings is 1. The van der Waals surface area contributed by atoms with Crippen LogP contribution >= 0.6 is 11.6 Å². The van der Waals surface area contributed by atoms with Crippen LogP contribution in [0.1, 0.15) is 26.2 Å². The van der Waals surface area contributed by atoms with Crippen LogP contribution in [-0.4, -0.2) is 43.2 Å². The topological polar surface area (TPSA) is 110 Å². The van der Waals surface area contributed by atoms with E-state index in [0.29, 0.717) is 29.1 Å². The summed E-state index contributed by atoms with van der Waals surface area (Å²) in [6, 6.07) is 6.23. The van der Waals surface area contributed by atoms with Gasteiger partial charge >= 0.3 is 0 Å². The number of sulfonamides is 1. The highest BCUT2D eigenvalue weighted by atomic mass is 35.5. The first kappa shape index (κ1) is 19.4. The first-order valence-electron chi connectivity index (χ1n) is 9.09. The number of nitrogens with one attached hydrogen (secondary N) is 1. The van der Waals surface area contributed by atoms with Crippen molar-refractivity contribution in [2.24, 2.45) is 5.14 Å². The Labute approximate surface area is 169 Å². The number of nitrogens with zero attached hydrogens (tertiary/aromatic N) is 3. The lowest BCUT2D eigenvalue weighted by Crippen LogP contribution is -2.59. The number of aromatic nitrogens is 2. The van der Waals surface area contributed by atoms with Gasteiger partial charge in [-0.1, -0.05) is 11.6 Å². The highest BCUT2D eigenvalue weighted by Crippen LogP contribution is 2.41. The molecule has 1 aromatic carbocycles. The Hall–Kier alpha value is -1.94. The molecule has 1 saturated heterocycles. The summed E-state index contributed by atoms with van der Waals surface area (Å²) in [7, 11) is -3.73. The number of rotatable bonds is 4. The van der Waals surface area contributed by atoms with Crippen molar-refractivity contribution in [2.45, 2.75) is 42.7 Å². The molecule has 0 bridgehead atoms. The summed E-state index contributed by atoms with van der Waals surface area (Å²) in [5, 5.41) is 8.69. The number of hydrogen-bond acceptors (Lipinski definition) is 7. The molecule has 28 heavy (non-hydrogen) atoms. The van der Waals surface area contributed by atoms with E-state index in [-0.39, 0.29) is 16.5 Å². The molecule has 1 aliphatic heterocycles. The van der Waals surface area contributed by atoms with E-state index < -0.39 is 10.0 Å². The van der Waals surface area contributed by atoms with Crippen LogP contribution in [-0.2, 0) is 14.8 Å². The van der Waals surface area contributed by atoms with Gasteiger partial charge in [0.2, 0.25) is 16.0 Å². The van der Waals surface area contributed by atoms with Crippen molar-refractivity contribution in [1.29, 1.82) is 0 Å². The van der Waals surface area contributed by atoms with Gasteiger partial charge in [-0.2, -0.15) is 4.98 Å².